The van der Waals surface area contributed by atoms with Crippen molar-refractivity contribution in [2.75, 3.05) is 31.2 Å². The minimum Gasteiger partial charge on any atom is -0.461 e. The molecule has 0 aromatic rings. The number of nitrogens with one attached hydrogen (secondary N) is 2. The molecule has 1 rings (SSSR count). The number of carbonyl (C=O) groups excluding carboxylic acids is 4. The van der Waals surface area contributed by atoms with Crippen molar-refractivity contribution >= 4 is 36.0 Å². The van der Waals surface area contributed by atoms with E-state index in [-0.39, 0.29) is 37.0 Å². The Bertz CT molecular complexity index is 529. The van der Waals surface area contributed by atoms with Crippen LogP contribution in [0.3, 0.4) is 0 Å². The topological polar surface area (TPSA) is 105 Å². The smallest absolute Gasteiger partial charge is 0.330 e. The normalized spacial score (nSPS) is 15.7. The van der Waals surface area contributed by atoms with Crippen LogP contribution < -0.4 is 10.6 Å². The van der Waals surface area contributed by atoms with Crippen molar-refractivity contribution in [3.63, 3.8) is 0 Å². The van der Waals surface area contributed by atoms with Gasteiger partial charge in [0.2, 0.25) is 18.2 Å². The number of ether oxygens (including phenoxy) is 1. The van der Waals surface area contributed by atoms with Crippen LogP contribution in [-0.2, 0) is 23.9 Å². The van der Waals surface area contributed by atoms with Crippen molar-refractivity contribution in [3.05, 3.63) is 12.7 Å². The quantitative estimate of drug-likeness (QED) is 0.190. The van der Waals surface area contributed by atoms with E-state index in [9.17, 15) is 19.2 Å². The number of hydrogen-bond acceptors (Lipinski definition) is 6. The third-order valence-corrected chi connectivity index (χ3v) is 5.26. The molecule has 0 radical (unpaired) electrons. The zero-order chi connectivity index (χ0) is 20.1. The molecule has 1 saturated heterocycles. The average Bonchev–Trinajstić information content (AvgIpc) is 3.07. The predicted octanol–water partition coefficient (Wildman–Crippen LogP) is 0.471. The fraction of sp³-hybridized carbons (Fsp3) is 0.667. The van der Waals surface area contributed by atoms with E-state index in [0.29, 0.717) is 31.4 Å². The summed E-state index contributed by atoms with van der Waals surface area (Å²) >= 11 is 1.62. The maximum atomic E-state index is 12.0. The number of esters is 1. The van der Waals surface area contributed by atoms with Crippen LogP contribution in [0, 0.1) is 0 Å². The Hall–Kier alpha value is -2.03. The largest absolute Gasteiger partial charge is 0.461 e. The van der Waals surface area contributed by atoms with Crippen molar-refractivity contribution in [2.45, 2.75) is 44.7 Å². The first-order chi connectivity index (χ1) is 13.0. The maximum Gasteiger partial charge on any atom is 0.330 e. The van der Waals surface area contributed by atoms with Crippen LogP contribution in [0.4, 0.5) is 0 Å². The predicted molar refractivity (Wildman–Crippen MR) is 104 cm³/mol. The van der Waals surface area contributed by atoms with E-state index < -0.39 is 5.97 Å². The first-order valence-corrected chi connectivity index (χ1v) is 10.3. The number of nitrogens with zero attached hydrogens (tertiary/aromatic N) is 1. The number of amides is 3. The molecule has 1 fully saturated rings. The highest BCUT2D eigenvalue weighted by Gasteiger charge is 2.28. The lowest BCUT2D eigenvalue weighted by Crippen LogP contribution is -2.42. The maximum absolute atomic E-state index is 12.0. The van der Waals surface area contributed by atoms with Gasteiger partial charge in [-0.2, -0.15) is 11.8 Å². The molecule has 0 bridgehead atoms. The van der Waals surface area contributed by atoms with Crippen LogP contribution in [-0.4, -0.2) is 72.4 Å². The van der Waals surface area contributed by atoms with Crippen LogP contribution in [0.15, 0.2) is 12.7 Å². The molecule has 152 valence electrons. The molecule has 1 aliphatic rings. The lowest BCUT2D eigenvalue weighted by atomic mass is 10.1. The van der Waals surface area contributed by atoms with Gasteiger partial charge in [-0.3, -0.25) is 14.4 Å². The fourth-order valence-electron chi connectivity index (χ4n) is 2.81. The molecule has 0 spiro atoms. The summed E-state index contributed by atoms with van der Waals surface area (Å²) in [6, 6.07) is 0.0388. The van der Waals surface area contributed by atoms with Crippen molar-refractivity contribution in [1.29, 1.82) is 0 Å². The Morgan fingerprint density at radius 3 is 2.85 bits per heavy atom. The van der Waals surface area contributed by atoms with Crippen LogP contribution >= 0.6 is 11.8 Å². The van der Waals surface area contributed by atoms with Gasteiger partial charge in [0.05, 0.1) is 6.54 Å². The van der Waals surface area contributed by atoms with Crippen LogP contribution in [0.1, 0.15) is 32.6 Å². The van der Waals surface area contributed by atoms with Crippen molar-refractivity contribution < 1.29 is 23.9 Å². The average molecular weight is 400 g/mol. The third-order valence-electron chi connectivity index (χ3n) is 4.15. The summed E-state index contributed by atoms with van der Waals surface area (Å²) in [5, 5.41) is 5.41. The van der Waals surface area contributed by atoms with Crippen molar-refractivity contribution in [3.8, 4) is 0 Å². The SMILES string of the molecule is C=CC(=O)OCCNC(=O)CCSCC(CC(C)NC=O)N1CCCC1=O. The first kappa shape index (κ1) is 23.0. The van der Waals surface area contributed by atoms with E-state index in [1.807, 2.05) is 11.8 Å². The monoisotopic (exact) mass is 399 g/mol. The number of likely N-dealkylation sites (tertiary alicyclic amines) is 1. The molecule has 8 nitrogen and oxygen atoms in total. The van der Waals surface area contributed by atoms with Gasteiger partial charge in [-0.25, -0.2) is 4.79 Å². The van der Waals surface area contributed by atoms with Gasteiger partial charge in [-0.15, -0.1) is 0 Å². The minimum absolute atomic E-state index is 0.0110. The van der Waals surface area contributed by atoms with Gasteiger partial charge >= 0.3 is 5.97 Å². The van der Waals surface area contributed by atoms with Gasteiger partial charge in [0.15, 0.2) is 0 Å². The summed E-state index contributed by atoms with van der Waals surface area (Å²) in [6.07, 6.45) is 4.24. The number of hydrogen-bond donors (Lipinski definition) is 2. The Kier molecular flexibility index (Phi) is 11.2. The van der Waals surface area contributed by atoms with E-state index in [2.05, 4.69) is 17.2 Å². The number of carbonyl (C=O) groups is 4. The second-order valence-electron chi connectivity index (χ2n) is 6.31. The van der Waals surface area contributed by atoms with E-state index in [1.54, 1.807) is 11.8 Å². The number of thioether (sulfide) groups is 1. The van der Waals surface area contributed by atoms with Crippen LogP contribution in [0.5, 0.6) is 0 Å². The van der Waals surface area contributed by atoms with E-state index in [4.69, 9.17) is 4.74 Å². The first-order valence-electron chi connectivity index (χ1n) is 9.10. The molecule has 2 atom stereocenters. The summed E-state index contributed by atoms with van der Waals surface area (Å²) in [5.74, 6) is 0.890. The minimum atomic E-state index is -0.513. The van der Waals surface area contributed by atoms with Gasteiger partial charge in [0.25, 0.3) is 0 Å². The van der Waals surface area contributed by atoms with Gasteiger partial charge in [-0.05, 0) is 19.8 Å². The Balaban J connectivity index is 2.28. The van der Waals surface area contributed by atoms with Crippen LogP contribution in [0.25, 0.3) is 0 Å². The third kappa shape index (κ3) is 9.46. The highest BCUT2D eigenvalue weighted by molar-refractivity contribution is 7.99. The fourth-order valence-corrected chi connectivity index (χ4v) is 3.89. The summed E-state index contributed by atoms with van der Waals surface area (Å²) < 4.78 is 4.78. The Labute approximate surface area is 164 Å². The highest BCUT2D eigenvalue weighted by Crippen LogP contribution is 2.21. The molecule has 0 aromatic heterocycles. The van der Waals surface area contributed by atoms with Gasteiger partial charge in [0, 0.05) is 49.1 Å². The molecule has 0 aromatic carbocycles. The highest BCUT2D eigenvalue weighted by atomic mass is 32.2. The molecule has 1 heterocycles. The molecular formula is C18H29N3O5S. The van der Waals surface area contributed by atoms with E-state index in [0.717, 1.165) is 24.8 Å². The zero-order valence-electron chi connectivity index (χ0n) is 15.8. The number of rotatable bonds is 14. The van der Waals surface area contributed by atoms with Crippen LogP contribution in [0.2, 0.25) is 0 Å². The standard InChI is InChI=1S/C18H29N3O5S/c1-3-18(25)26-9-7-19-16(23)6-10-27-12-15(11-14(2)20-13-22)21-8-4-5-17(21)24/h3,13-15H,1,4-12H2,2H3,(H,19,23)(H,20,22). The summed E-state index contributed by atoms with van der Waals surface area (Å²) in [7, 11) is 0. The summed E-state index contributed by atoms with van der Waals surface area (Å²) in [6.45, 7) is 6.34. The molecule has 0 aliphatic carbocycles. The molecule has 2 unspecified atom stereocenters. The van der Waals surface area contributed by atoms with Gasteiger partial charge in [0.1, 0.15) is 6.61 Å². The van der Waals surface area contributed by atoms with Gasteiger partial charge < -0.3 is 20.3 Å². The molecule has 27 heavy (non-hydrogen) atoms. The lowest BCUT2D eigenvalue weighted by Gasteiger charge is -2.29. The molecular weight excluding hydrogens is 370 g/mol. The van der Waals surface area contributed by atoms with Crippen molar-refractivity contribution in [1.82, 2.24) is 15.5 Å². The lowest BCUT2D eigenvalue weighted by molar-refractivity contribution is -0.138. The molecule has 2 N–H and O–H groups in total. The van der Waals surface area contributed by atoms with Gasteiger partial charge in [-0.1, -0.05) is 6.58 Å². The second kappa shape index (κ2) is 13.2. The molecule has 3 amide bonds. The van der Waals surface area contributed by atoms with Crippen molar-refractivity contribution in [2.24, 2.45) is 0 Å². The molecule has 9 heteroatoms. The molecule has 0 saturated carbocycles. The molecule has 1 aliphatic heterocycles. The Morgan fingerprint density at radius 2 is 2.22 bits per heavy atom. The summed E-state index contributed by atoms with van der Waals surface area (Å²) in [5.41, 5.74) is 0. The Morgan fingerprint density at radius 1 is 1.44 bits per heavy atom. The van der Waals surface area contributed by atoms with E-state index in [1.165, 1.54) is 0 Å². The summed E-state index contributed by atoms with van der Waals surface area (Å²) in [4.78, 5) is 47.2. The van der Waals surface area contributed by atoms with E-state index >= 15 is 0 Å². The second-order valence-corrected chi connectivity index (χ2v) is 7.46. The zero-order valence-corrected chi connectivity index (χ0v) is 16.6.